The molecule has 1 fully saturated rings. The zero-order valence-corrected chi connectivity index (χ0v) is 18.4. The van der Waals surface area contributed by atoms with E-state index in [-0.39, 0.29) is 36.7 Å². The molecule has 8 nitrogen and oxygen atoms in total. The van der Waals surface area contributed by atoms with Crippen LogP contribution in [0.4, 0.5) is 0 Å². The Hall–Kier alpha value is -3.42. The molecule has 1 aromatic heterocycles. The maximum atomic E-state index is 13.2. The summed E-state index contributed by atoms with van der Waals surface area (Å²) in [4.78, 5) is 44.0. The minimum atomic E-state index is -0.389. The quantitative estimate of drug-likeness (QED) is 0.747. The van der Waals surface area contributed by atoms with Gasteiger partial charge in [-0.1, -0.05) is 43.2 Å². The van der Waals surface area contributed by atoms with Crippen LogP contribution in [-0.4, -0.2) is 54.3 Å². The zero-order chi connectivity index (χ0) is 22.8. The van der Waals surface area contributed by atoms with Gasteiger partial charge < -0.3 is 20.3 Å². The highest BCUT2D eigenvalue weighted by Crippen LogP contribution is 2.26. The van der Waals surface area contributed by atoms with Gasteiger partial charge in [-0.15, -0.1) is 0 Å². The average molecular weight is 439 g/mol. The monoisotopic (exact) mass is 438 g/mol. The van der Waals surface area contributed by atoms with Crippen molar-refractivity contribution < 1.29 is 19.1 Å². The molecule has 8 heteroatoms. The van der Waals surface area contributed by atoms with Gasteiger partial charge in [-0.2, -0.15) is 0 Å². The SMILES string of the molecule is COc1ccc(C(=O)NCC(=O)N2CCCCCCNC(=O)CC2c2ccccc2)cn1. The van der Waals surface area contributed by atoms with Crippen LogP contribution in [0.25, 0.3) is 0 Å². The zero-order valence-electron chi connectivity index (χ0n) is 18.4. The van der Waals surface area contributed by atoms with E-state index in [1.165, 1.54) is 13.3 Å². The van der Waals surface area contributed by atoms with Gasteiger partial charge in [0, 0.05) is 25.4 Å². The third-order valence-corrected chi connectivity index (χ3v) is 5.52. The predicted molar refractivity (Wildman–Crippen MR) is 120 cm³/mol. The molecule has 2 aromatic rings. The first kappa shape index (κ1) is 23.2. The molecule has 1 unspecified atom stereocenters. The molecule has 3 rings (SSSR count). The van der Waals surface area contributed by atoms with Gasteiger partial charge in [-0.25, -0.2) is 4.98 Å². The van der Waals surface area contributed by atoms with Gasteiger partial charge in [0.1, 0.15) is 0 Å². The number of carbonyl (C=O) groups excluding carboxylic acids is 3. The van der Waals surface area contributed by atoms with Crippen LogP contribution in [0.2, 0.25) is 0 Å². The Bertz CT molecular complexity index is 902. The molecule has 1 aliphatic rings. The number of nitrogens with zero attached hydrogens (tertiary/aromatic N) is 2. The number of aromatic nitrogens is 1. The van der Waals surface area contributed by atoms with Crippen molar-refractivity contribution in [2.75, 3.05) is 26.7 Å². The van der Waals surface area contributed by atoms with E-state index in [1.807, 2.05) is 30.3 Å². The molecule has 0 radical (unpaired) electrons. The lowest BCUT2D eigenvalue weighted by molar-refractivity contribution is -0.134. The van der Waals surface area contributed by atoms with Crippen LogP contribution in [-0.2, 0) is 9.59 Å². The fourth-order valence-corrected chi connectivity index (χ4v) is 3.77. The summed E-state index contributed by atoms with van der Waals surface area (Å²) in [6.07, 6.45) is 5.35. The van der Waals surface area contributed by atoms with E-state index < -0.39 is 0 Å². The van der Waals surface area contributed by atoms with Crippen LogP contribution in [0.15, 0.2) is 48.7 Å². The second-order valence-electron chi connectivity index (χ2n) is 7.75. The highest BCUT2D eigenvalue weighted by molar-refractivity contribution is 5.96. The summed E-state index contributed by atoms with van der Waals surface area (Å²) < 4.78 is 5.00. The molecule has 32 heavy (non-hydrogen) atoms. The van der Waals surface area contributed by atoms with Crippen molar-refractivity contribution in [3.05, 3.63) is 59.8 Å². The number of benzene rings is 1. The highest BCUT2D eigenvalue weighted by Gasteiger charge is 2.27. The summed E-state index contributed by atoms with van der Waals surface area (Å²) in [7, 11) is 1.50. The lowest BCUT2D eigenvalue weighted by atomic mass is 10.0. The molecule has 3 amide bonds. The van der Waals surface area contributed by atoms with Gasteiger partial charge >= 0.3 is 0 Å². The van der Waals surface area contributed by atoms with E-state index >= 15 is 0 Å². The van der Waals surface area contributed by atoms with Crippen molar-refractivity contribution in [1.82, 2.24) is 20.5 Å². The van der Waals surface area contributed by atoms with E-state index in [1.54, 1.807) is 17.0 Å². The molecule has 1 atom stereocenters. The molecular weight excluding hydrogens is 408 g/mol. The van der Waals surface area contributed by atoms with E-state index in [9.17, 15) is 14.4 Å². The van der Waals surface area contributed by atoms with Crippen molar-refractivity contribution in [2.45, 2.75) is 38.1 Å². The lowest BCUT2D eigenvalue weighted by Crippen LogP contribution is -2.44. The molecule has 1 aliphatic heterocycles. The van der Waals surface area contributed by atoms with E-state index in [2.05, 4.69) is 15.6 Å². The van der Waals surface area contributed by atoms with Crippen molar-refractivity contribution >= 4 is 17.7 Å². The molecule has 170 valence electrons. The average Bonchev–Trinajstić information content (AvgIpc) is 2.87. The Balaban J connectivity index is 1.74. The van der Waals surface area contributed by atoms with Crippen LogP contribution >= 0.6 is 0 Å². The Morgan fingerprint density at radius 3 is 2.62 bits per heavy atom. The number of hydrogen-bond donors (Lipinski definition) is 2. The number of hydrogen-bond acceptors (Lipinski definition) is 5. The van der Waals surface area contributed by atoms with Crippen molar-refractivity contribution in [1.29, 1.82) is 0 Å². The fourth-order valence-electron chi connectivity index (χ4n) is 3.77. The number of ether oxygens (including phenoxy) is 1. The smallest absolute Gasteiger partial charge is 0.253 e. The minimum absolute atomic E-state index is 0.0769. The summed E-state index contributed by atoms with van der Waals surface area (Å²) in [6, 6.07) is 12.4. The van der Waals surface area contributed by atoms with Gasteiger partial charge in [-0.3, -0.25) is 14.4 Å². The van der Waals surface area contributed by atoms with Gasteiger partial charge in [-0.05, 0) is 24.5 Å². The summed E-state index contributed by atoms with van der Waals surface area (Å²) >= 11 is 0. The molecule has 1 saturated heterocycles. The number of nitrogens with one attached hydrogen (secondary N) is 2. The summed E-state index contributed by atoms with van der Waals surface area (Å²) in [5.41, 5.74) is 1.25. The van der Waals surface area contributed by atoms with Gasteiger partial charge in [0.15, 0.2) is 0 Å². The van der Waals surface area contributed by atoms with Crippen LogP contribution in [0.3, 0.4) is 0 Å². The van der Waals surface area contributed by atoms with E-state index in [4.69, 9.17) is 4.74 Å². The maximum Gasteiger partial charge on any atom is 0.253 e. The lowest BCUT2D eigenvalue weighted by Gasteiger charge is -2.32. The first-order chi connectivity index (χ1) is 15.6. The summed E-state index contributed by atoms with van der Waals surface area (Å²) in [5, 5.41) is 5.64. The number of amides is 3. The van der Waals surface area contributed by atoms with Crippen molar-refractivity contribution in [3.8, 4) is 5.88 Å². The third kappa shape index (κ3) is 6.54. The van der Waals surface area contributed by atoms with Crippen LogP contribution in [0.5, 0.6) is 5.88 Å². The number of pyridine rings is 1. The first-order valence-corrected chi connectivity index (χ1v) is 11.0. The van der Waals surface area contributed by atoms with Crippen LogP contribution in [0.1, 0.15) is 54.1 Å². The Labute approximate surface area is 188 Å². The summed E-state index contributed by atoms with van der Waals surface area (Å²) in [5.74, 6) is -0.280. The van der Waals surface area contributed by atoms with E-state index in [0.717, 1.165) is 31.2 Å². The Morgan fingerprint density at radius 1 is 1.12 bits per heavy atom. The Kier molecular flexibility index (Phi) is 8.60. The standard InChI is InChI=1S/C24H30N4O4/c1-32-22-12-11-19(16-26-22)24(31)27-17-23(30)28-14-8-3-2-7-13-25-21(29)15-20(28)18-9-5-4-6-10-18/h4-6,9-12,16,20H,2-3,7-8,13-15,17H2,1H3,(H,25,29)(H,27,31). The molecule has 2 N–H and O–H groups in total. The highest BCUT2D eigenvalue weighted by atomic mass is 16.5. The molecule has 0 bridgehead atoms. The van der Waals surface area contributed by atoms with E-state index in [0.29, 0.717) is 24.5 Å². The molecule has 1 aromatic carbocycles. The predicted octanol–water partition coefficient (Wildman–Crippen LogP) is 2.47. The number of carbonyl (C=O) groups is 3. The first-order valence-electron chi connectivity index (χ1n) is 11.0. The largest absolute Gasteiger partial charge is 0.481 e. The molecule has 0 aliphatic carbocycles. The second-order valence-corrected chi connectivity index (χ2v) is 7.75. The Morgan fingerprint density at radius 2 is 1.91 bits per heavy atom. The maximum absolute atomic E-state index is 13.2. The van der Waals surface area contributed by atoms with Crippen LogP contribution in [0, 0.1) is 0 Å². The normalized spacial score (nSPS) is 17.6. The third-order valence-electron chi connectivity index (χ3n) is 5.52. The molecule has 0 spiro atoms. The van der Waals surface area contributed by atoms with Crippen molar-refractivity contribution in [3.63, 3.8) is 0 Å². The van der Waals surface area contributed by atoms with Gasteiger partial charge in [0.2, 0.25) is 17.7 Å². The second kappa shape index (κ2) is 11.8. The molecule has 0 saturated carbocycles. The molecular formula is C24H30N4O4. The number of rotatable bonds is 5. The van der Waals surface area contributed by atoms with Crippen LogP contribution < -0.4 is 15.4 Å². The fraction of sp³-hybridized carbons (Fsp3) is 0.417. The van der Waals surface area contributed by atoms with Gasteiger partial charge in [0.05, 0.1) is 31.7 Å². The van der Waals surface area contributed by atoms with Crippen molar-refractivity contribution in [2.24, 2.45) is 0 Å². The number of methoxy groups -OCH3 is 1. The van der Waals surface area contributed by atoms with Gasteiger partial charge in [0.25, 0.3) is 5.91 Å². The minimum Gasteiger partial charge on any atom is -0.481 e. The topological polar surface area (TPSA) is 101 Å². The summed E-state index contributed by atoms with van der Waals surface area (Å²) in [6.45, 7) is 1.03. The molecule has 2 heterocycles.